The molecule has 35 heavy (non-hydrogen) atoms. The lowest BCUT2D eigenvalue weighted by Gasteiger charge is -2.28. The molecule has 0 aliphatic heterocycles. The molecule has 3 rings (SSSR count). The van der Waals surface area contributed by atoms with Crippen LogP contribution in [-0.2, 0) is 14.3 Å². The van der Waals surface area contributed by atoms with Crippen molar-refractivity contribution in [1.29, 1.82) is 0 Å². The Kier molecular flexibility index (Phi) is 9.24. The van der Waals surface area contributed by atoms with Crippen molar-refractivity contribution in [3.8, 4) is 0 Å². The van der Waals surface area contributed by atoms with E-state index in [0.717, 1.165) is 10.9 Å². The minimum atomic E-state index is -0.627. The largest absolute Gasteiger partial charge is 0.465 e. The van der Waals surface area contributed by atoms with Crippen LogP contribution in [0.2, 0.25) is 0 Å². The van der Waals surface area contributed by atoms with Gasteiger partial charge in [0.2, 0.25) is 5.91 Å². The summed E-state index contributed by atoms with van der Waals surface area (Å²) < 4.78 is 5.49. The van der Waals surface area contributed by atoms with Crippen molar-refractivity contribution in [1.82, 2.24) is 10.3 Å². The summed E-state index contributed by atoms with van der Waals surface area (Å²) in [5.74, 6) is -0.823. The van der Waals surface area contributed by atoms with Gasteiger partial charge in [-0.25, -0.2) is 0 Å². The van der Waals surface area contributed by atoms with Gasteiger partial charge in [0.1, 0.15) is 0 Å². The minimum absolute atomic E-state index is 0.0806. The van der Waals surface area contributed by atoms with Crippen LogP contribution < -0.4 is 11.1 Å². The van der Waals surface area contributed by atoms with Gasteiger partial charge >= 0.3 is 5.97 Å². The Morgan fingerprint density at radius 2 is 1.83 bits per heavy atom. The smallest absolute Gasteiger partial charge is 0.313 e. The molecule has 2 atom stereocenters. The summed E-state index contributed by atoms with van der Waals surface area (Å²) in [6, 6.07) is 7.49. The van der Waals surface area contributed by atoms with Gasteiger partial charge in [-0.15, -0.1) is 0 Å². The van der Waals surface area contributed by atoms with E-state index in [2.05, 4.69) is 12.2 Å². The molecular formula is C28H39N3O4. The quantitative estimate of drug-likeness (QED) is 0.474. The molecule has 1 aliphatic carbocycles. The number of primary amides is 1. The first-order valence-electron chi connectivity index (χ1n) is 12.8. The molecule has 3 N–H and O–H groups in total. The number of pyridine rings is 1. The number of ether oxygens (including phenoxy) is 1. The third kappa shape index (κ3) is 7.26. The van der Waals surface area contributed by atoms with E-state index in [9.17, 15) is 14.4 Å². The number of nitrogens with one attached hydrogen (secondary N) is 1. The maximum atomic E-state index is 12.9. The molecule has 7 heteroatoms. The first-order valence-corrected chi connectivity index (χ1v) is 12.8. The van der Waals surface area contributed by atoms with Gasteiger partial charge < -0.3 is 15.8 Å². The molecule has 0 bridgehead atoms. The number of fused-ring (bicyclic) bond motifs is 1. The molecule has 0 spiro atoms. The Morgan fingerprint density at radius 3 is 2.49 bits per heavy atom. The number of carbonyl (C=O) groups is 3. The van der Waals surface area contributed by atoms with Gasteiger partial charge in [0.15, 0.2) is 0 Å². The van der Waals surface area contributed by atoms with Crippen molar-refractivity contribution in [2.75, 3.05) is 6.61 Å². The normalized spacial score (nSPS) is 16.1. The predicted octanol–water partition coefficient (Wildman–Crippen LogP) is 4.79. The van der Waals surface area contributed by atoms with Crippen molar-refractivity contribution in [3.05, 3.63) is 41.1 Å². The Balaban J connectivity index is 1.82. The van der Waals surface area contributed by atoms with E-state index in [1.807, 2.05) is 32.9 Å². The third-order valence-corrected chi connectivity index (χ3v) is 6.92. The fraction of sp³-hybridized carbons (Fsp3) is 0.571. The molecular weight excluding hydrogens is 442 g/mol. The summed E-state index contributed by atoms with van der Waals surface area (Å²) in [4.78, 5) is 41.9. The zero-order chi connectivity index (χ0) is 25.5. The SMILES string of the molecule is Cc1nc2cc(C(=O)N[C@@H](C)C3CCCCC3)ccc2cc1C(CCC(N)=O)C(=O)OCC(C)C. The number of nitrogens with zero attached hydrogens (tertiary/aromatic N) is 1. The topological polar surface area (TPSA) is 111 Å². The van der Waals surface area contributed by atoms with Crippen molar-refractivity contribution in [3.63, 3.8) is 0 Å². The molecule has 190 valence electrons. The number of aryl methyl sites for hydroxylation is 1. The number of carbonyl (C=O) groups excluding carboxylic acids is 3. The standard InChI is InChI=1S/C28H39N3O4/c1-17(2)16-35-28(34)23(12-13-26(29)32)24-14-21-10-11-22(15-25(21)30-19(24)4)27(33)31-18(3)20-8-6-5-7-9-20/h10-11,14-15,17-18,20,23H,5-9,12-13,16H2,1-4H3,(H2,29,32)(H,31,33)/t18-,23?/m0/s1. The second-order valence-corrected chi connectivity index (χ2v) is 10.3. The number of esters is 1. The molecule has 1 heterocycles. The van der Waals surface area contributed by atoms with E-state index in [0.29, 0.717) is 29.3 Å². The summed E-state index contributed by atoms with van der Waals surface area (Å²) in [6.45, 7) is 8.17. The average molecular weight is 482 g/mol. The van der Waals surface area contributed by atoms with Crippen molar-refractivity contribution in [2.45, 2.75) is 84.6 Å². The number of rotatable bonds is 10. The Hall–Kier alpha value is -2.96. The number of hydrogen-bond acceptors (Lipinski definition) is 5. The number of aromatic nitrogens is 1. The zero-order valence-corrected chi connectivity index (χ0v) is 21.4. The first kappa shape index (κ1) is 26.6. The van der Waals surface area contributed by atoms with Crippen LogP contribution in [0, 0.1) is 18.8 Å². The molecule has 1 aromatic heterocycles. The molecule has 1 unspecified atom stereocenters. The van der Waals surface area contributed by atoms with Crippen molar-refractivity contribution in [2.24, 2.45) is 17.6 Å². The van der Waals surface area contributed by atoms with Gasteiger partial charge in [0, 0.05) is 29.1 Å². The zero-order valence-electron chi connectivity index (χ0n) is 21.4. The lowest BCUT2D eigenvalue weighted by molar-refractivity contribution is -0.146. The van der Waals surface area contributed by atoms with Gasteiger partial charge in [-0.2, -0.15) is 0 Å². The number of nitrogens with two attached hydrogens (primary N) is 1. The maximum absolute atomic E-state index is 12.9. The fourth-order valence-corrected chi connectivity index (χ4v) is 4.85. The van der Waals surface area contributed by atoms with Crippen LogP contribution in [0.1, 0.15) is 93.3 Å². The maximum Gasteiger partial charge on any atom is 0.313 e. The summed E-state index contributed by atoms with van der Waals surface area (Å²) in [6.07, 6.45) is 6.43. The second kappa shape index (κ2) is 12.1. The third-order valence-electron chi connectivity index (χ3n) is 6.92. The van der Waals surface area contributed by atoms with Crippen LogP contribution in [0.5, 0.6) is 0 Å². The molecule has 1 saturated carbocycles. The van der Waals surface area contributed by atoms with Gasteiger partial charge in [0.25, 0.3) is 5.91 Å². The van der Waals surface area contributed by atoms with Gasteiger partial charge in [-0.1, -0.05) is 39.2 Å². The molecule has 0 saturated heterocycles. The highest BCUT2D eigenvalue weighted by molar-refractivity contribution is 5.98. The van der Waals surface area contributed by atoms with E-state index in [1.165, 1.54) is 32.1 Å². The van der Waals surface area contributed by atoms with Crippen LogP contribution >= 0.6 is 0 Å². The molecule has 2 aromatic rings. The average Bonchev–Trinajstić information content (AvgIpc) is 2.83. The van der Waals surface area contributed by atoms with Gasteiger partial charge in [-0.3, -0.25) is 19.4 Å². The summed E-state index contributed by atoms with van der Waals surface area (Å²) in [7, 11) is 0. The summed E-state index contributed by atoms with van der Waals surface area (Å²) in [5.41, 5.74) is 8.00. The van der Waals surface area contributed by atoms with E-state index >= 15 is 0 Å². The van der Waals surface area contributed by atoms with Crippen LogP contribution in [0.4, 0.5) is 0 Å². The molecule has 0 radical (unpaired) electrons. The van der Waals surface area contributed by atoms with E-state index in [4.69, 9.17) is 15.5 Å². The van der Waals surface area contributed by atoms with E-state index < -0.39 is 11.8 Å². The van der Waals surface area contributed by atoms with E-state index in [-0.39, 0.29) is 36.7 Å². The summed E-state index contributed by atoms with van der Waals surface area (Å²) >= 11 is 0. The molecule has 1 aliphatic rings. The minimum Gasteiger partial charge on any atom is -0.465 e. The van der Waals surface area contributed by atoms with Gasteiger partial charge in [0.05, 0.1) is 18.0 Å². The molecule has 1 fully saturated rings. The highest BCUT2D eigenvalue weighted by Crippen LogP contribution is 2.29. The lowest BCUT2D eigenvalue weighted by Crippen LogP contribution is -2.38. The first-order chi connectivity index (χ1) is 16.7. The summed E-state index contributed by atoms with van der Waals surface area (Å²) in [5, 5.41) is 3.99. The van der Waals surface area contributed by atoms with Crippen LogP contribution in [0.15, 0.2) is 24.3 Å². The molecule has 1 aromatic carbocycles. The number of benzene rings is 1. The van der Waals surface area contributed by atoms with Crippen LogP contribution in [-0.4, -0.2) is 35.4 Å². The fourth-order valence-electron chi connectivity index (χ4n) is 4.85. The van der Waals surface area contributed by atoms with E-state index in [1.54, 1.807) is 12.1 Å². The number of hydrogen-bond donors (Lipinski definition) is 2. The Labute approximate surface area is 208 Å². The highest BCUT2D eigenvalue weighted by Gasteiger charge is 2.26. The molecule has 2 amide bonds. The van der Waals surface area contributed by atoms with Gasteiger partial charge in [-0.05, 0) is 68.7 Å². The van der Waals surface area contributed by atoms with Crippen LogP contribution in [0.25, 0.3) is 10.9 Å². The Morgan fingerprint density at radius 1 is 1.11 bits per heavy atom. The van der Waals surface area contributed by atoms with Crippen molar-refractivity contribution < 1.29 is 19.1 Å². The lowest BCUT2D eigenvalue weighted by atomic mass is 9.84. The second-order valence-electron chi connectivity index (χ2n) is 10.3. The van der Waals surface area contributed by atoms with Crippen LogP contribution in [0.3, 0.4) is 0 Å². The number of amides is 2. The van der Waals surface area contributed by atoms with Crippen molar-refractivity contribution >= 4 is 28.7 Å². The Bertz CT molecular complexity index is 1060. The molecule has 7 nitrogen and oxygen atoms in total. The monoisotopic (exact) mass is 481 g/mol. The predicted molar refractivity (Wildman–Crippen MR) is 137 cm³/mol. The highest BCUT2D eigenvalue weighted by atomic mass is 16.5.